The van der Waals surface area contributed by atoms with E-state index < -0.39 is 11.7 Å². The van der Waals surface area contributed by atoms with Crippen molar-refractivity contribution in [3.63, 3.8) is 0 Å². The van der Waals surface area contributed by atoms with Crippen molar-refractivity contribution >= 4 is 11.7 Å². The van der Waals surface area contributed by atoms with Crippen LogP contribution in [0.2, 0.25) is 0 Å². The van der Waals surface area contributed by atoms with Gasteiger partial charge < -0.3 is 15.4 Å². The number of carbonyl (C=O) groups is 1. The van der Waals surface area contributed by atoms with Crippen LogP contribution < -0.4 is 10.6 Å². The van der Waals surface area contributed by atoms with Gasteiger partial charge in [0.1, 0.15) is 0 Å². The second-order valence-corrected chi connectivity index (χ2v) is 3.22. The first-order valence-electron chi connectivity index (χ1n) is 5.38. The number of nitrogens with one attached hydrogen (secondary N) is 2. The minimum absolute atomic E-state index is 0.0270. The quantitative estimate of drug-likeness (QED) is 0.730. The number of hydrogen-bond acceptors (Lipinski definition) is 4. The molecule has 0 aliphatic heterocycles. The lowest BCUT2D eigenvalue weighted by molar-refractivity contribution is 0.0918. The molecule has 1 heterocycles. The van der Waals surface area contributed by atoms with Crippen LogP contribution in [0.5, 0.6) is 0 Å². The maximum absolute atomic E-state index is 13.7. The number of ether oxygens (including phenoxy) is 1. The Morgan fingerprint density at radius 1 is 1.59 bits per heavy atom. The van der Waals surface area contributed by atoms with Crippen molar-refractivity contribution in [2.45, 2.75) is 6.92 Å². The number of amides is 1. The van der Waals surface area contributed by atoms with Gasteiger partial charge in [0.25, 0.3) is 5.91 Å². The highest BCUT2D eigenvalue weighted by molar-refractivity contribution is 5.95. The van der Waals surface area contributed by atoms with E-state index >= 15 is 0 Å². The number of anilines is 1. The van der Waals surface area contributed by atoms with E-state index in [-0.39, 0.29) is 11.4 Å². The fraction of sp³-hybridized carbons (Fsp3) is 0.455. The normalized spacial score (nSPS) is 10.1. The van der Waals surface area contributed by atoms with Gasteiger partial charge in [-0.1, -0.05) is 0 Å². The second-order valence-electron chi connectivity index (χ2n) is 3.22. The van der Waals surface area contributed by atoms with Crippen LogP contribution in [0.4, 0.5) is 10.2 Å². The number of aromatic nitrogens is 1. The minimum atomic E-state index is -0.649. The molecule has 1 aromatic rings. The lowest BCUT2D eigenvalue weighted by atomic mass is 10.2. The van der Waals surface area contributed by atoms with Crippen molar-refractivity contribution in [3.8, 4) is 0 Å². The standard InChI is InChI=1S/C11H16FN3O2/c1-3-17-7-6-15-11(16)8-4-5-14-10(13-2)9(8)12/h4-5H,3,6-7H2,1-2H3,(H,13,14)(H,15,16). The Balaban J connectivity index is 2.62. The van der Waals surface area contributed by atoms with Gasteiger partial charge in [-0.25, -0.2) is 9.37 Å². The number of nitrogens with zero attached hydrogens (tertiary/aromatic N) is 1. The van der Waals surface area contributed by atoms with Crippen molar-refractivity contribution in [2.75, 3.05) is 32.1 Å². The summed E-state index contributed by atoms with van der Waals surface area (Å²) < 4.78 is 18.7. The second kappa shape index (κ2) is 6.80. The number of hydrogen-bond donors (Lipinski definition) is 2. The predicted octanol–water partition coefficient (Wildman–Crippen LogP) is 1.03. The summed E-state index contributed by atoms with van der Waals surface area (Å²) in [5.74, 6) is -1.06. The van der Waals surface area contributed by atoms with E-state index in [1.165, 1.54) is 12.3 Å². The zero-order valence-electron chi connectivity index (χ0n) is 9.92. The minimum Gasteiger partial charge on any atom is -0.380 e. The fourth-order valence-corrected chi connectivity index (χ4v) is 1.27. The molecule has 17 heavy (non-hydrogen) atoms. The number of rotatable bonds is 6. The van der Waals surface area contributed by atoms with Crippen molar-refractivity contribution < 1.29 is 13.9 Å². The summed E-state index contributed by atoms with van der Waals surface area (Å²) >= 11 is 0. The van der Waals surface area contributed by atoms with Crippen LogP contribution in [0, 0.1) is 5.82 Å². The molecule has 0 spiro atoms. The zero-order chi connectivity index (χ0) is 12.7. The van der Waals surface area contributed by atoms with E-state index in [0.717, 1.165) is 0 Å². The van der Waals surface area contributed by atoms with Gasteiger partial charge in [0.15, 0.2) is 11.6 Å². The van der Waals surface area contributed by atoms with E-state index in [1.807, 2.05) is 6.92 Å². The molecule has 0 radical (unpaired) electrons. The molecule has 1 amide bonds. The fourth-order valence-electron chi connectivity index (χ4n) is 1.27. The van der Waals surface area contributed by atoms with Crippen molar-refractivity contribution in [1.29, 1.82) is 0 Å². The number of carbonyl (C=O) groups excluding carboxylic acids is 1. The zero-order valence-corrected chi connectivity index (χ0v) is 9.92. The molecule has 1 rings (SSSR count). The largest absolute Gasteiger partial charge is 0.380 e. The molecule has 0 saturated carbocycles. The summed E-state index contributed by atoms with van der Waals surface area (Å²) in [5.41, 5.74) is -0.0270. The van der Waals surface area contributed by atoms with Gasteiger partial charge in [-0.2, -0.15) is 0 Å². The Kier molecular flexibility index (Phi) is 5.35. The molecule has 0 aliphatic rings. The van der Waals surface area contributed by atoms with Crippen LogP contribution in [0.25, 0.3) is 0 Å². The summed E-state index contributed by atoms with van der Waals surface area (Å²) in [4.78, 5) is 15.4. The highest BCUT2D eigenvalue weighted by Crippen LogP contribution is 2.13. The van der Waals surface area contributed by atoms with Gasteiger partial charge in [0.05, 0.1) is 12.2 Å². The molecule has 6 heteroatoms. The number of pyridine rings is 1. The van der Waals surface area contributed by atoms with E-state index in [0.29, 0.717) is 19.8 Å². The van der Waals surface area contributed by atoms with Crippen molar-refractivity contribution in [1.82, 2.24) is 10.3 Å². The Bertz CT molecular complexity index is 385. The molecule has 0 aromatic carbocycles. The van der Waals surface area contributed by atoms with Crippen LogP contribution in [0.1, 0.15) is 17.3 Å². The van der Waals surface area contributed by atoms with Crippen LogP contribution >= 0.6 is 0 Å². The molecular formula is C11H16FN3O2. The molecule has 2 N–H and O–H groups in total. The number of halogens is 1. The molecule has 0 saturated heterocycles. The molecule has 0 bridgehead atoms. The van der Waals surface area contributed by atoms with Gasteiger partial charge >= 0.3 is 0 Å². The van der Waals surface area contributed by atoms with Crippen molar-refractivity contribution in [3.05, 3.63) is 23.6 Å². The summed E-state index contributed by atoms with van der Waals surface area (Å²) in [6.07, 6.45) is 1.38. The van der Waals surface area contributed by atoms with E-state index in [1.54, 1.807) is 7.05 Å². The maximum atomic E-state index is 13.7. The Hall–Kier alpha value is -1.69. The summed E-state index contributed by atoms with van der Waals surface area (Å²) in [7, 11) is 1.54. The average molecular weight is 241 g/mol. The third-order valence-corrected chi connectivity index (χ3v) is 2.11. The van der Waals surface area contributed by atoms with Crippen LogP contribution in [0.3, 0.4) is 0 Å². The molecule has 5 nitrogen and oxygen atoms in total. The monoisotopic (exact) mass is 241 g/mol. The summed E-state index contributed by atoms with van der Waals surface area (Å²) in [6.45, 7) is 3.21. The smallest absolute Gasteiger partial charge is 0.254 e. The predicted molar refractivity (Wildman–Crippen MR) is 62.6 cm³/mol. The molecule has 94 valence electrons. The third kappa shape index (κ3) is 3.67. The summed E-state index contributed by atoms with van der Waals surface area (Å²) in [6, 6.07) is 1.34. The van der Waals surface area contributed by atoms with Gasteiger partial charge in [0, 0.05) is 26.4 Å². The average Bonchev–Trinajstić information content (AvgIpc) is 2.34. The Morgan fingerprint density at radius 2 is 2.35 bits per heavy atom. The Morgan fingerprint density at radius 3 is 3.00 bits per heavy atom. The first kappa shape index (κ1) is 13.4. The molecular weight excluding hydrogens is 225 g/mol. The van der Waals surface area contributed by atoms with Gasteiger partial charge in [0.2, 0.25) is 0 Å². The lowest BCUT2D eigenvalue weighted by Crippen LogP contribution is -2.28. The lowest BCUT2D eigenvalue weighted by Gasteiger charge is -2.08. The van der Waals surface area contributed by atoms with E-state index in [4.69, 9.17) is 4.74 Å². The topological polar surface area (TPSA) is 63.2 Å². The van der Waals surface area contributed by atoms with Gasteiger partial charge in [-0.15, -0.1) is 0 Å². The van der Waals surface area contributed by atoms with Crippen molar-refractivity contribution in [2.24, 2.45) is 0 Å². The van der Waals surface area contributed by atoms with Gasteiger partial charge in [-0.05, 0) is 13.0 Å². The van der Waals surface area contributed by atoms with E-state index in [9.17, 15) is 9.18 Å². The summed E-state index contributed by atoms with van der Waals surface area (Å²) in [5, 5.41) is 5.14. The highest BCUT2D eigenvalue weighted by Gasteiger charge is 2.14. The first-order valence-corrected chi connectivity index (χ1v) is 5.38. The van der Waals surface area contributed by atoms with Crippen LogP contribution in [-0.4, -0.2) is 37.7 Å². The molecule has 0 atom stereocenters. The molecule has 0 fully saturated rings. The van der Waals surface area contributed by atoms with Crippen LogP contribution in [-0.2, 0) is 4.74 Å². The molecule has 0 unspecified atom stereocenters. The SMILES string of the molecule is CCOCCNC(=O)c1ccnc(NC)c1F. The van der Waals surface area contributed by atoms with E-state index in [2.05, 4.69) is 15.6 Å². The highest BCUT2D eigenvalue weighted by atomic mass is 19.1. The molecule has 0 aliphatic carbocycles. The maximum Gasteiger partial charge on any atom is 0.254 e. The van der Waals surface area contributed by atoms with Gasteiger partial charge in [-0.3, -0.25) is 4.79 Å². The van der Waals surface area contributed by atoms with Crippen LogP contribution in [0.15, 0.2) is 12.3 Å². The first-order chi connectivity index (χ1) is 8.20. The molecule has 1 aromatic heterocycles. The third-order valence-electron chi connectivity index (χ3n) is 2.11. The Labute approximate surface area is 99.4 Å².